The number of benzene rings is 2. The van der Waals surface area contributed by atoms with E-state index in [9.17, 15) is 0 Å². The van der Waals surface area contributed by atoms with Crippen molar-refractivity contribution in [1.82, 2.24) is 15.6 Å². The highest BCUT2D eigenvalue weighted by molar-refractivity contribution is 7.26. The molecule has 0 saturated carbocycles. The van der Waals surface area contributed by atoms with Gasteiger partial charge < -0.3 is 35.4 Å². The number of aromatic nitrogens is 1. The number of rotatable bonds is 4. The van der Waals surface area contributed by atoms with Gasteiger partial charge in [-0.2, -0.15) is 0 Å². The van der Waals surface area contributed by atoms with E-state index in [0.29, 0.717) is 0 Å². The van der Waals surface area contributed by atoms with Gasteiger partial charge in [-0.25, -0.2) is 4.98 Å². The molecule has 2 N–H and O–H groups in total. The van der Waals surface area contributed by atoms with Crippen molar-refractivity contribution in [3.63, 3.8) is 0 Å². The number of nitrogens with one attached hydrogen (secondary N) is 2. The molecule has 2 aliphatic heterocycles. The minimum atomic E-state index is 0. The number of thiazole rings is 1. The second kappa shape index (κ2) is 9.58. The summed E-state index contributed by atoms with van der Waals surface area (Å²) in [5, 5.41) is 7.74. The Morgan fingerprint density at radius 2 is 1.28 bits per heavy atom. The number of aliphatic imine (C=N–C) groups is 2. The minimum Gasteiger partial charge on any atom is -1.00 e. The third-order valence-corrected chi connectivity index (χ3v) is 7.59. The highest BCUT2D eigenvalue weighted by Crippen LogP contribution is 2.38. The molecule has 2 aliphatic rings. The van der Waals surface area contributed by atoms with Gasteiger partial charge in [0, 0.05) is 29.1 Å². The van der Waals surface area contributed by atoms with E-state index in [1.807, 2.05) is 0 Å². The summed E-state index contributed by atoms with van der Waals surface area (Å²) in [7, 11) is 0. The summed E-state index contributed by atoms with van der Waals surface area (Å²) in [5.74, 6) is 1.99. The Labute approximate surface area is 206 Å². The molecule has 0 saturated heterocycles. The molecule has 0 atom stereocenters. The van der Waals surface area contributed by atoms with Crippen LogP contribution in [0.25, 0.3) is 30.5 Å². The maximum absolute atomic E-state index is 4.87. The van der Waals surface area contributed by atoms with Gasteiger partial charge in [-0.1, -0.05) is 24.3 Å². The first-order valence-electron chi connectivity index (χ1n) is 10.0. The molecule has 2 aromatic carbocycles. The van der Waals surface area contributed by atoms with Crippen molar-refractivity contribution < 1.29 is 24.8 Å². The number of nitrogens with zero attached hydrogens (tertiary/aromatic N) is 3. The molecule has 164 valence electrons. The van der Waals surface area contributed by atoms with Crippen LogP contribution in [0.15, 0.2) is 64.6 Å². The third kappa shape index (κ3) is 4.26. The van der Waals surface area contributed by atoms with Gasteiger partial charge >= 0.3 is 0 Å². The Morgan fingerprint density at radius 3 is 1.97 bits per heavy atom. The molecule has 0 spiro atoms. The van der Waals surface area contributed by atoms with E-state index in [0.717, 1.165) is 59.5 Å². The standard InChI is InChI=1S/C23H19N5S2.2ClH/c1-3-15(21-24-9-10-25-21)4-2-14(1)18-7-8-19(29-18)23-28-17-6-5-16(13-20(17)30-23)22-26-11-12-27-22;;/h1-8,13H,9-12H2,(H,24,25)(H,26,27);2*1H/p-2. The summed E-state index contributed by atoms with van der Waals surface area (Å²) in [5.41, 5.74) is 4.56. The van der Waals surface area contributed by atoms with Gasteiger partial charge in [-0.3, -0.25) is 9.98 Å². The minimum absolute atomic E-state index is 0. The van der Waals surface area contributed by atoms with Gasteiger partial charge in [0.2, 0.25) is 0 Å². The molecule has 32 heavy (non-hydrogen) atoms. The summed E-state index contributed by atoms with van der Waals surface area (Å²) < 4.78 is 1.20. The van der Waals surface area contributed by atoms with Crippen LogP contribution in [-0.4, -0.2) is 42.8 Å². The number of amidine groups is 2. The van der Waals surface area contributed by atoms with Crippen molar-refractivity contribution in [2.24, 2.45) is 9.98 Å². The van der Waals surface area contributed by atoms with Crippen molar-refractivity contribution in [1.29, 1.82) is 0 Å². The summed E-state index contributed by atoms with van der Waals surface area (Å²) in [6.45, 7) is 3.56. The van der Waals surface area contributed by atoms with Crippen molar-refractivity contribution in [2.75, 3.05) is 26.2 Å². The summed E-state index contributed by atoms with van der Waals surface area (Å²) >= 11 is 3.53. The molecule has 0 aliphatic carbocycles. The van der Waals surface area contributed by atoms with Crippen molar-refractivity contribution >= 4 is 44.6 Å². The van der Waals surface area contributed by atoms with Crippen LogP contribution in [0.5, 0.6) is 0 Å². The fraction of sp³-hybridized carbons (Fsp3) is 0.174. The van der Waals surface area contributed by atoms with E-state index in [1.165, 1.54) is 20.0 Å². The number of thiophene rings is 1. The molecule has 0 radical (unpaired) electrons. The Balaban J connectivity index is 0.00000122. The monoisotopic (exact) mass is 499 g/mol. The second-order valence-corrected chi connectivity index (χ2v) is 9.37. The molecule has 9 heteroatoms. The fourth-order valence-electron chi connectivity index (χ4n) is 3.76. The summed E-state index contributed by atoms with van der Waals surface area (Å²) in [4.78, 5) is 16.3. The highest BCUT2D eigenvalue weighted by Gasteiger charge is 2.14. The first-order valence-corrected chi connectivity index (χ1v) is 11.7. The molecule has 2 aromatic heterocycles. The molecule has 4 heterocycles. The third-order valence-electron chi connectivity index (χ3n) is 5.27. The topological polar surface area (TPSA) is 61.7 Å². The Morgan fingerprint density at radius 1 is 0.656 bits per heavy atom. The van der Waals surface area contributed by atoms with Crippen LogP contribution in [-0.2, 0) is 0 Å². The van der Waals surface area contributed by atoms with Crippen LogP contribution in [0.2, 0.25) is 0 Å². The maximum atomic E-state index is 4.87. The summed E-state index contributed by atoms with van der Waals surface area (Å²) in [6, 6.07) is 19.4. The van der Waals surface area contributed by atoms with Crippen molar-refractivity contribution in [2.45, 2.75) is 0 Å². The molecule has 0 amide bonds. The number of halogens is 2. The van der Waals surface area contributed by atoms with Crippen LogP contribution in [0.4, 0.5) is 0 Å². The Kier molecular flexibility index (Phi) is 6.81. The Hall–Kier alpha value is -2.45. The van der Waals surface area contributed by atoms with Crippen LogP contribution in [0.3, 0.4) is 0 Å². The first kappa shape index (κ1) is 22.7. The first-order chi connectivity index (χ1) is 14.8. The van der Waals surface area contributed by atoms with E-state index in [2.05, 4.69) is 75.2 Å². The molecule has 4 aromatic rings. The molecular weight excluding hydrogens is 481 g/mol. The lowest BCUT2D eigenvalue weighted by atomic mass is 10.1. The van der Waals surface area contributed by atoms with Crippen molar-refractivity contribution in [3.05, 3.63) is 65.7 Å². The lowest BCUT2D eigenvalue weighted by Gasteiger charge is -2.03. The zero-order valence-corrected chi connectivity index (χ0v) is 20.1. The van der Waals surface area contributed by atoms with E-state index in [1.54, 1.807) is 22.7 Å². The van der Waals surface area contributed by atoms with Crippen LogP contribution in [0, 0.1) is 0 Å². The van der Waals surface area contributed by atoms with Crippen LogP contribution >= 0.6 is 22.7 Å². The van der Waals surface area contributed by atoms with Gasteiger partial charge in [-0.15, -0.1) is 22.7 Å². The van der Waals surface area contributed by atoms with Crippen molar-refractivity contribution in [3.8, 4) is 20.3 Å². The van der Waals surface area contributed by atoms with E-state index in [-0.39, 0.29) is 24.8 Å². The molecule has 0 fully saturated rings. The smallest absolute Gasteiger partial charge is 0.134 e. The van der Waals surface area contributed by atoms with E-state index >= 15 is 0 Å². The van der Waals surface area contributed by atoms with Gasteiger partial charge in [-0.05, 0) is 35.9 Å². The van der Waals surface area contributed by atoms with Crippen LogP contribution in [0.1, 0.15) is 11.1 Å². The zero-order chi connectivity index (χ0) is 19.9. The molecule has 0 bridgehead atoms. The quantitative estimate of drug-likeness (QED) is 0.355. The predicted molar refractivity (Wildman–Crippen MR) is 127 cm³/mol. The molecular formula is C23H19Cl2N5S2-2. The Bertz CT molecular complexity index is 1310. The van der Waals surface area contributed by atoms with Crippen LogP contribution < -0.4 is 35.4 Å². The number of hydrogen-bond acceptors (Lipinski definition) is 7. The molecule has 0 unspecified atom stereocenters. The van der Waals surface area contributed by atoms with E-state index in [4.69, 9.17) is 4.98 Å². The lowest BCUT2D eigenvalue weighted by molar-refractivity contribution is -0.001000. The fourth-order valence-corrected chi connectivity index (χ4v) is 5.83. The average molecular weight is 500 g/mol. The zero-order valence-electron chi connectivity index (χ0n) is 16.9. The maximum Gasteiger partial charge on any atom is 0.134 e. The normalized spacial score (nSPS) is 14.8. The summed E-state index contributed by atoms with van der Waals surface area (Å²) in [6.07, 6.45) is 0. The SMILES string of the molecule is [Cl-].[Cl-].c1cc(-c2ccc(-c3nc4ccc(C5=NCCN5)cc4s3)s2)ccc1C1=NCCN1. The van der Waals surface area contributed by atoms with Gasteiger partial charge in [0.15, 0.2) is 0 Å². The lowest BCUT2D eigenvalue weighted by Crippen LogP contribution is -3.00. The predicted octanol–water partition coefficient (Wildman–Crippen LogP) is -1.60. The average Bonchev–Trinajstić information content (AvgIpc) is 3.58. The van der Waals surface area contributed by atoms with Gasteiger partial charge in [0.25, 0.3) is 0 Å². The molecule has 5 nitrogen and oxygen atoms in total. The number of fused-ring (bicyclic) bond motifs is 1. The van der Waals surface area contributed by atoms with E-state index < -0.39 is 0 Å². The highest BCUT2D eigenvalue weighted by atomic mass is 35.5. The largest absolute Gasteiger partial charge is 1.00 e. The van der Waals surface area contributed by atoms with Gasteiger partial charge in [0.05, 0.1) is 28.2 Å². The molecule has 6 rings (SSSR count). The second-order valence-electron chi connectivity index (χ2n) is 7.26. The van der Waals surface area contributed by atoms with Gasteiger partial charge in [0.1, 0.15) is 16.7 Å². The number of hydrogen-bond donors (Lipinski definition) is 2.